The minimum atomic E-state index is 0.209. The molecule has 17 heavy (non-hydrogen) atoms. The molecule has 1 amide bonds. The fourth-order valence-corrected chi connectivity index (χ4v) is 3.07. The zero-order valence-corrected chi connectivity index (χ0v) is 11.0. The van der Waals surface area contributed by atoms with Crippen LogP contribution in [0.1, 0.15) is 58.3 Å². The number of amides is 1. The molecule has 3 N–H and O–H groups in total. The first-order valence-corrected chi connectivity index (χ1v) is 7.11. The van der Waals surface area contributed by atoms with Crippen molar-refractivity contribution in [3.63, 3.8) is 0 Å². The van der Waals surface area contributed by atoms with Crippen molar-refractivity contribution >= 4 is 5.91 Å². The lowest BCUT2D eigenvalue weighted by Gasteiger charge is -2.38. The van der Waals surface area contributed by atoms with Crippen LogP contribution in [-0.4, -0.2) is 18.5 Å². The Morgan fingerprint density at radius 3 is 2.59 bits per heavy atom. The Morgan fingerprint density at radius 2 is 2.00 bits per heavy atom. The van der Waals surface area contributed by atoms with E-state index in [4.69, 9.17) is 5.73 Å². The van der Waals surface area contributed by atoms with Gasteiger partial charge in [0.25, 0.3) is 0 Å². The molecule has 2 fully saturated rings. The number of nitrogens with two attached hydrogens (primary N) is 1. The molecule has 0 aromatic rings. The Kier molecular flexibility index (Phi) is 4.08. The Bertz CT molecular complexity index is 273. The molecule has 2 aliphatic rings. The van der Waals surface area contributed by atoms with Gasteiger partial charge in [-0.2, -0.15) is 0 Å². The van der Waals surface area contributed by atoms with Gasteiger partial charge in [-0.05, 0) is 37.0 Å². The van der Waals surface area contributed by atoms with Crippen molar-refractivity contribution in [1.82, 2.24) is 5.32 Å². The van der Waals surface area contributed by atoms with E-state index < -0.39 is 0 Å². The van der Waals surface area contributed by atoms with Crippen LogP contribution >= 0.6 is 0 Å². The molecule has 0 heterocycles. The summed E-state index contributed by atoms with van der Waals surface area (Å²) in [5.74, 6) is 0.624. The standard InChI is InChI=1S/C14H26N2O/c1-14(7-4-8-14)10-16-13(17)9-11-5-2-3-6-12(11)15/h11-12H,2-10,15H2,1H3,(H,16,17). The third-order valence-corrected chi connectivity index (χ3v) is 4.69. The number of hydrogen-bond acceptors (Lipinski definition) is 2. The van der Waals surface area contributed by atoms with Gasteiger partial charge in [-0.15, -0.1) is 0 Å². The molecule has 2 atom stereocenters. The van der Waals surface area contributed by atoms with Crippen molar-refractivity contribution in [2.75, 3.05) is 6.54 Å². The van der Waals surface area contributed by atoms with E-state index in [0.29, 0.717) is 17.8 Å². The van der Waals surface area contributed by atoms with Gasteiger partial charge in [-0.25, -0.2) is 0 Å². The smallest absolute Gasteiger partial charge is 0.220 e. The molecule has 2 unspecified atom stereocenters. The third kappa shape index (κ3) is 3.44. The molecule has 0 aromatic carbocycles. The normalized spacial score (nSPS) is 31.6. The van der Waals surface area contributed by atoms with Crippen molar-refractivity contribution in [3.05, 3.63) is 0 Å². The lowest BCUT2D eigenvalue weighted by Crippen LogP contribution is -2.42. The average Bonchev–Trinajstić information content (AvgIpc) is 2.27. The Labute approximate surface area is 105 Å². The van der Waals surface area contributed by atoms with Gasteiger partial charge < -0.3 is 11.1 Å². The van der Waals surface area contributed by atoms with Gasteiger partial charge >= 0.3 is 0 Å². The molecule has 0 spiro atoms. The van der Waals surface area contributed by atoms with Crippen LogP contribution < -0.4 is 11.1 Å². The summed E-state index contributed by atoms with van der Waals surface area (Å²) in [5.41, 5.74) is 6.45. The van der Waals surface area contributed by atoms with E-state index in [2.05, 4.69) is 12.2 Å². The van der Waals surface area contributed by atoms with Gasteiger partial charge in [0.1, 0.15) is 0 Å². The molecular weight excluding hydrogens is 212 g/mol. The second-order valence-corrected chi connectivity index (χ2v) is 6.35. The lowest BCUT2D eigenvalue weighted by molar-refractivity contribution is -0.123. The number of carbonyl (C=O) groups is 1. The van der Waals surface area contributed by atoms with E-state index in [1.165, 1.54) is 32.1 Å². The molecular formula is C14H26N2O. The summed E-state index contributed by atoms with van der Waals surface area (Å²) in [7, 11) is 0. The fraction of sp³-hybridized carbons (Fsp3) is 0.929. The molecule has 2 rings (SSSR count). The number of nitrogens with one attached hydrogen (secondary N) is 1. The quantitative estimate of drug-likeness (QED) is 0.789. The number of carbonyl (C=O) groups excluding carboxylic acids is 1. The largest absolute Gasteiger partial charge is 0.356 e. The zero-order chi connectivity index (χ0) is 12.3. The van der Waals surface area contributed by atoms with Crippen LogP contribution in [0.15, 0.2) is 0 Å². The molecule has 0 aliphatic heterocycles. The highest BCUT2D eigenvalue weighted by Gasteiger charge is 2.32. The van der Waals surface area contributed by atoms with Crippen LogP contribution in [0.5, 0.6) is 0 Å². The maximum atomic E-state index is 11.9. The van der Waals surface area contributed by atoms with E-state index in [1.807, 2.05) is 0 Å². The topological polar surface area (TPSA) is 55.1 Å². The molecule has 3 heteroatoms. The molecule has 3 nitrogen and oxygen atoms in total. The number of rotatable bonds is 4. The van der Waals surface area contributed by atoms with Crippen molar-refractivity contribution in [1.29, 1.82) is 0 Å². The summed E-state index contributed by atoms with van der Waals surface area (Å²) in [6.07, 6.45) is 9.17. The zero-order valence-electron chi connectivity index (χ0n) is 11.0. The van der Waals surface area contributed by atoms with Crippen molar-refractivity contribution in [3.8, 4) is 0 Å². The van der Waals surface area contributed by atoms with Crippen LogP contribution in [-0.2, 0) is 4.79 Å². The highest BCUT2D eigenvalue weighted by molar-refractivity contribution is 5.76. The molecule has 0 saturated heterocycles. The monoisotopic (exact) mass is 238 g/mol. The van der Waals surface area contributed by atoms with E-state index in [9.17, 15) is 4.79 Å². The van der Waals surface area contributed by atoms with Gasteiger partial charge in [0.05, 0.1) is 0 Å². The molecule has 2 aliphatic carbocycles. The lowest BCUT2D eigenvalue weighted by atomic mass is 9.70. The summed E-state index contributed by atoms with van der Waals surface area (Å²) in [6, 6.07) is 0.244. The van der Waals surface area contributed by atoms with Crippen LogP contribution in [0, 0.1) is 11.3 Å². The summed E-state index contributed by atoms with van der Waals surface area (Å²) < 4.78 is 0. The van der Waals surface area contributed by atoms with Gasteiger partial charge in [-0.1, -0.05) is 26.2 Å². The highest BCUT2D eigenvalue weighted by Crippen LogP contribution is 2.39. The Balaban J connectivity index is 1.69. The second-order valence-electron chi connectivity index (χ2n) is 6.35. The first-order chi connectivity index (χ1) is 8.09. The van der Waals surface area contributed by atoms with Crippen LogP contribution in [0.3, 0.4) is 0 Å². The second kappa shape index (κ2) is 5.38. The third-order valence-electron chi connectivity index (χ3n) is 4.69. The maximum Gasteiger partial charge on any atom is 0.220 e. The van der Waals surface area contributed by atoms with Crippen LogP contribution in [0.4, 0.5) is 0 Å². The van der Waals surface area contributed by atoms with Crippen LogP contribution in [0.2, 0.25) is 0 Å². The van der Waals surface area contributed by atoms with E-state index in [-0.39, 0.29) is 11.9 Å². The minimum absolute atomic E-state index is 0.209. The van der Waals surface area contributed by atoms with Crippen molar-refractivity contribution in [2.24, 2.45) is 17.1 Å². The van der Waals surface area contributed by atoms with Crippen molar-refractivity contribution in [2.45, 2.75) is 64.3 Å². The summed E-state index contributed by atoms with van der Waals surface area (Å²) >= 11 is 0. The van der Waals surface area contributed by atoms with Gasteiger partial charge in [0, 0.05) is 19.0 Å². The van der Waals surface area contributed by atoms with Gasteiger partial charge in [0.2, 0.25) is 5.91 Å². The maximum absolute atomic E-state index is 11.9. The summed E-state index contributed by atoms with van der Waals surface area (Å²) in [6.45, 7) is 3.12. The predicted molar refractivity (Wildman–Crippen MR) is 69.5 cm³/mol. The van der Waals surface area contributed by atoms with Gasteiger partial charge in [-0.3, -0.25) is 4.79 Å². The number of hydrogen-bond donors (Lipinski definition) is 2. The molecule has 2 saturated carbocycles. The predicted octanol–water partition coefficient (Wildman–Crippen LogP) is 2.20. The summed E-state index contributed by atoms with van der Waals surface area (Å²) in [5, 5.41) is 3.10. The molecule has 98 valence electrons. The Hall–Kier alpha value is -0.570. The average molecular weight is 238 g/mol. The first kappa shape index (κ1) is 12.9. The van der Waals surface area contributed by atoms with E-state index >= 15 is 0 Å². The first-order valence-electron chi connectivity index (χ1n) is 7.11. The van der Waals surface area contributed by atoms with Crippen LogP contribution in [0.25, 0.3) is 0 Å². The van der Waals surface area contributed by atoms with E-state index in [0.717, 1.165) is 19.4 Å². The summed E-state index contributed by atoms with van der Waals surface area (Å²) in [4.78, 5) is 11.9. The minimum Gasteiger partial charge on any atom is -0.356 e. The van der Waals surface area contributed by atoms with Gasteiger partial charge in [0.15, 0.2) is 0 Å². The highest BCUT2D eigenvalue weighted by atomic mass is 16.1. The molecule has 0 aromatic heterocycles. The van der Waals surface area contributed by atoms with Crippen molar-refractivity contribution < 1.29 is 4.79 Å². The fourth-order valence-electron chi connectivity index (χ4n) is 3.07. The molecule has 0 bridgehead atoms. The Morgan fingerprint density at radius 1 is 1.29 bits per heavy atom. The van der Waals surface area contributed by atoms with E-state index in [1.54, 1.807) is 0 Å². The SMILES string of the molecule is CC1(CNC(=O)CC2CCCCC2N)CCC1. The molecule has 0 radical (unpaired) electrons.